The summed E-state index contributed by atoms with van der Waals surface area (Å²) in [6.45, 7) is 4.52. The first-order valence-electron chi connectivity index (χ1n) is 11.8. The molecule has 0 aliphatic carbocycles. The zero-order valence-electron chi connectivity index (χ0n) is 18.8. The Balaban J connectivity index is 1.57. The van der Waals surface area contributed by atoms with Gasteiger partial charge in [0.2, 0.25) is 21.8 Å². The van der Waals surface area contributed by atoms with Gasteiger partial charge in [-0.1, -0.05) is 24.6 Å². The standard InChI is InChI=1S/C23H36N4O4S/c28-22-12-18-27(32(30,31)21-9-3-1-4-10-21)17-7-8-20(11-13-24-22)23(29)25-14-19-26-15-5-2-6-16-26/h1,3-4,9-10,20H,2,5-8,11-19H2,(H,24,28)(H,25,29). The number of nitrogens with one attached hydrogen (secondary N) is 2. The van der Waals surface area contributed by atoms with Gasteiger partial charge >= 0.3 is 0 Å². The number of rotatable bonds is 6. The lowest BCUT2D eigenvalue weighted by Crippen LogP contribution is -2.40. The van der Waals surface area contributed by atoms with Gasteiger partial charge in [0, 0.05) is 45.1 Å². The molecule has 0 aromatic heterocycles. The Morgan fingerprint density at radius 2 is 1.75 bits per heavy atom. The van der Waals surface area contributed by atoms with Crippen molar-refractivity contribution >= 4 is 21.8 Å². The van der Waals surface area contributed by atoms with Crippen molar-refractivity contribution in [1.29, 1.82) is 0 Å². The molecule has 178 valence electrons. The van der Waals surface area contributed by atoms with Crippen LogP contribution < -0.4 is 10.6 Å². The van der Waals surface area contributed by atoms with Crippen molar-refractivity contribution in [1.82, 2.24) is 19.8 Å². The fourth-order valence-electron chi connectivity index (χ4n) is 4.38. The maximum atomic E-state index is 13.1. The summed E-state index contributed by atoms with van der Waals surface area (Å²) in [5, 5.41) is 5.89. The molecule has 2 fully saturated rings. The number of hydrogen-bond donors (Lipinski definition) is 2. The quantitative estimate of drug-likeness (QED) is 0.666. The molecule has 2 aliphatic heterocycles. The molecule has 2 aliphatic rings. The predicted octanol–water partition coefficient (Wildman–Crippen LogP) is 1.59. The minimum absolute atomic E-state index is 0.00651. The van der Waals surface area contributed by atoms with Crippen LogP contribution in [0.5, 0.6) is 0 Å². The molecule has 0 bridgehead atoms. The van der Waals surface area contributed by atoms with Crippen LogP contribution in [0, 0.1) is 5.92 Å². The zero-order chi connectivity index (χ0) is 22.8. The van der Waals surface area contributed by atoms with Gasteiger partial charge in [-0.2, -0.15) is 4.31 Å². The number of benzene rings is 1. The monoisotopic (exact) mass is 464 g/mol. The minimum Gasteiger partial charge on any atom is -0.356 e. The summed E-state index contributed by atoms with van der Waals surface area (Å²) in [6, 6.07) is 8.29. The van der Waals surface area contributed by atoms with E-state index in [4.69, 9.17) is 0 Å². The van der Waals surface area contributed by atoms with E-state index in [0.29, 0.717) is 38.9 Å². The molecule has 2 N–H and O–H groups in total. The van der Waals surface area contributed by atoms with Gasteiger partial charge in [0.05, 0.1) is 4.90 Å². The van der Waals surface area contributed by atoms with Crippen LogP contribution in [0.25, 0.3) is 0 Å². The molecule has 2 amide bonds. The van der Waals surface area contributed by atoms with Crippen molar-refractivity contribution in [3.63, 3.8) is 0 Å². The maximum Gasteiger partial charge on any atom is 0.243 e. The summed E-state index contributed by atoms with van der Waals surface area (Å²) in [5.41, 5.74) is 0. The molecule has 9 heteroatoms. The molecule has 1 aromatic carbocycles. The van der Waals surface area contributed by atoms with E-state index in [1.165, 1.54) is 23.6 Å². The summed E-state index contributed by atoms with van der Waals surface area (Å²) in [6.07, 6.45) is 5.56. The van der Waals surface area contributed by atoms with Crippen molar-refractivity contribution in [3.8, 4) is 0 Å². The van der Waals surface area contributed by atoms with Crippen LogP contribution >= 0.6 is 0 Å². The molecule has 0 spiro atoms. The van der Waals surface area contributed by atoms with E-state index in [9.17, 15) is 18.0 Å². The van der Waals surface area contributed by atoms with Crippen LogP contribution in [0.2, 0.25) is 0 Å². The second-order valence-electron chi connectivity index (χ2n) is 8.64. The van der Waals surface area contributed by atoms with Gasteiger partial charge in [0.15, 0.2) is 0 Å². The van der Waals surface area contributed by atoms with Crippen LogP contribution in [0.15, 0.2) is 35.2 Å². The highest BCUT2D eigenvalue weighted by Gasteiger charge is 2.27. The smallest absolute Gasteiger partial charge is 0.243 e. The normalized spacial score (nSPS) is 22.5. The number of hydrogen-bond acceptors (Lipinski definition) is 5. The molecular weight excluding hydrogens is 428 g/mol. The minimum atomic E-state index is -3.68. The molecule has 3 rings (SSSR count). The highest BCUT2D eigenvalue weighted by Crippen LogP contribution is 2.19. The van der Waals surface area contributed by atoms with Crippen molar-refractivity contribution in [2.24, 2.45) is 5.92 Å². The number of piperidine rings is 1. The Morgan fingerprint density at radius 1 is 1.00 bits per heavy atom. The first kappa shape index (κ1) is 24.7. The second-order valence-corrected chi connectivity index (χ2v) is 10.6. The second kappa shape index (κ2) is 12.3. The van der Waals surface area contributed by atoms with Gasteiger partial charge in [-0.25, -0.2) is 8.42 Å². The van der Waals surface area contributed by atoms with E-state index in [1.54, 1.807) is 30.3 Å². The topological polar surface area (TPSA) is 98.8 Å². The van der Waals surface area contributed by atoms with Crippen LogP contribution in [-0.4, -0.2) is 75.3 Å². The average Bonchev–Trinajstić information content (AvgIpc) is 2.85. The van der Waals surface area contributed by atoms with E-state index in [0.717, 1.165) is 19.6 Å². The summed E-state index contributed by atoms with van der Waals surface area (Å²) in [7, 11) is -3.68. The average molecular weight is 465 g/mol. The Morgan fingerprint density at radius 3 is 2.50 bits per heavy atom. The third kappa shape index (κ3) is 7.28. The predicted molar refractivity (Wildman–Crippen MR) is 123 cm³/mol. The number of likely N-dealkylation sites (tertiary alicyclic amines) is 1. The van der Waals surface area contributed by atoms with E-state index < -0.39 is 10.0 Å². The summed E-state index contributed by atoms with van der Waals surface area (Å²) in [5.74, 6) is -0.437. The van der Waals surface area contributed by atoms with Crippen LogP contribution in [-0.2, 0) is 19.6 Å². The molecule has 2 heterocycles. The van der Waals surface area contributed by atoms with Crippen LogP contribution in [0.4, 0.5) is 0 Å². The molecule has 2 saturated heterocycles. The summed E-state index contributed by atoms with van der Waals surface area (Å²) < 4.78 is 27.5. The third-order valence-corrected chi connectivity index (χ3v) is 8.20. The number of carbonyl (C=O) groups excluding carboxylic acids is 2. The van der Waals surface area contributed by atoms with E-state index in [2.05, 4.69) is 15.5 Å². The van der Waals surface area contributed by atoms with Crippen molar-refractivity contribution in [2.75, 3.05) is 45.8 Å². The molecule has 32 heavy (non-hydrogen) atoms. The van der Waals surface area contributed by atoms with Gasteiger partial charge in [-0.05, 0) is 57.3 Å². The largest absolute Gasteiger partial charge is 0.356 e. The number of sulfonamides is 1. The first-order chi connectivity index (χ1) is 15.5. The molecule has 8 nitrogen and oxygen atoms in total. The van der Waals surface area contributed by atoms with E-state index in [1.807, 2.05) is 0 Å². The Labute approximate surface area is 191 Å². The van der Waals surface area contributed by atoms with E-state index >= 15 is 0 Å². The molecular formula is C23H36N4O4S. The highest BCUT2D eigenvalue weighted by molar-refractivity contribution is 7.89. The van der Waals surface area contributed by atoms with Gasteiger partial charge in [-0.15, -0.1) is 0 Å². The Bertz CT molecular complexity index is 841. The summed E-state index contributed by atoms with van der Waals surface area (Å²) >= 11 is 0. The molecule has 0 saturated carbocycles. The lowest BCUT2D eigenvalue weighted by Gasteiger charge is -2.26. The van der Waals surface area contributed by atoms with Gasteiger partial charge in [-0.3, -0.25) is 9.59 Å². The highest BCUT2D eigenvalue weighted by atomic mass is 32.2. The molecule has 1 aromatic rings. The fourth-order valence-corrected chi connectivity index (χ4v) is 5.88. The molecule has 1 unspecified atom stereocenters. The van der Waals surface area contributed by atoms with Crippen LogP contribution in [0.1, 0.15) is 44.9 Å². The molecule has 0 radical (unpaired) electrons. The fraction of sp³-hybridized carbons (Fsp3) is 0.652. The lowest BCUT2D eigenvalue weighted by molar-refractivity contribution is -0.126. The summed E-state index contributed by atoms with van der Waals surface area (Å²) in [4.78, 5) is 27.6. The molecule has 1 atom stereocenters. The SMILES string of the molecule is O=C1CCN(S(=O)(=O)c2ccccc2)CCCC(C(=O)NCCN2CCCCC2)CCN1. The van der Waals surface area contributed by atoms with Crippen molar-refractivity contribution in [2.45, 2.75) is 49.8 Å². The van der Waals surface area contributed by atoms with Crippen molar-refractivity contribution < 1.29 is 18.0 Å². The zero-order valence-corrected chi connectivity index (χ0v) is 19.6. The third-order valence-electron chi connectivity index (χ3n) is 6.29. The van der Waals surface area contributed by atoms with Gasteiger partial charge in [0.1, 0.15) is 0 Å². The Kier molecular flexibility index (Phi) is 9.50. The van der Waals surface area contributed by atoms with Crippen molar-refractivity contribution in [3.05, 3.63) is 30.3 Å². The number of nitrogens with zero attached hydrogens (tertiary/aromatic N) is 2. The Hall–Kier alpha value is -1.97. The maximum absolute atomic E-state index is 13.1. The first-order valence-corrected chi connectivity index (χ1v) is 13.2. The van der Waals surface area contributed by atoms with Crippen LogP contribution in [0.3, 0.4) is 0 Å². The number of amides is 2. The van der Waals surface area contributed by atoms with Gasteiger partial charge < -0.3 is 15.5 Å². The van der Waals surface area contributed by atoms with E-state index in [-0.39, 0.29) is 35.6 Å². The van der Waals surface area contributed by atoms with Gasteiger partial charge in [0.25, 0.3) is 0 Å². The lowest BCUT2D eigenvalue weighted by atomic mass is 9.98. The number of carbonyl (C=O) groups is 2.